The molecule has 1 nitrogen and oxygen atoms in total. The molecule has 0 bridgehead atoms. The van der Waals surface area contributed by atoms with Gasteiger partial charge in [0, 0.05) is 6.04 Å². The lowest BCUT2D eigenvalue weighted by atomic mass is 9.88. The average Bonchev–Trinajstić information content (AvgIpc) is 2.43. The van der Waals surface area contributed by atoms with Gasteiger partial charge in [-0.05, 0) is 37.3 Å². The smallest absolute Gasteiger partial charge is 0.0170 e. The molecule has 0 aliphatic carbocycles. The van der Waals surface area contributed by atoms with Gasteiger partial charge in [-0.15, -0.1) is 0 Å². The zero-order valence-corrected chi connectivity index (χ0v) is 12.1. The van der Waals surface area contributed by atoms with Crippen molar-refractivity contribution in [3.8, 4) is 0 Å². The third-order valence-corrected chi connectivity index (χ3v) is 3.59. The molecule has 0 saturated carbocycles. The molecule has 0 aromatic heterocycles. The van der Waals surface area contributed by atoms with Gasteiger partial charge in [0.2, 0.25) is 0 Å². The van der Waals surface area contributed by atoms with Crippen LogP contribution in [0.15, 0.2) is 42.5 Å². The Balaban J connectivity index is 2.71. The second kappa shape index (κ2) is 8.10. The molecule has 18 heavy (non-hydrogen) atoms. The maximum Gasteiger partial charge on any atom is 0.0170 e. The Labute approximate surface area is 112 Å². The van der Waals surface area contributed by atoms with Crippen molar-refractivity contribution in [1.82, 2.24) is 5.32 Å². The van der Waals surface area contributed by atoms with Crippen LogP contribution in [0, 0.1) is 0 Å². The molecule has 0 saturated heterocycles. The van der Waals surface area contributed by atoms with Crippen LogP contribution in [0.5, 0.6) is 0 Å². The molecule has 1 rings (SSSR count). The normalized spacial score (nSPS) is 14.2. The first-order valence-electron chi connectivity index (χ1n) is 7.14. The Morgan fingerprint density at radius 1 is 1.22 bits per heavy atom. The summed E-state index contributed by atoms with van der Waals surface area (Å²) in [5.41, 5.74) is 2.75. The number of hydrogen-bond acceptors (Lipinski definition) is 1. The van der Waals surface area contributed by atoms with Gasteiger partial charge in [-0.2, -0.15) is 0 Å². The van der Waals surface area contributed by atoms with E-state index in [0.29, 0.717) is 12.0 Å². The summed E-state index contributed by atoms with van der Waals surface area (Å²) in [6.07, 6.45) is 3.33. The van der Waals surface area contributed by atoms with Gasteiger partial charge >= 0.3 is 0 Å². The third-order valence-electron chi connectivity index (χ3n) is 3.59. The number of hydrogen-bond donors (Lipinski definition) is 1. The largest absolute Gasteiger partial charge is 0.313 e. The van der Waals surface area contributed by atoms with Crippen molar-refractivity contribution in [3.05, 3.63) is 48.0 Å². The fraction of sp³-hybridized carbons (Fsp3) is 0.529. The molecule has 0 aliphatic rings. The molecule has 0 fully saturated rings. The van der Waals surface area contributed by atoms with Gasteiger partial charge < -0.3 is 5.32 Å². The van der Waals surface area contributed by atoms with Gasteiger partial charge in [-0.1, -0.05) is 63.3 Å². The Bertz CT molecular complexity index is 342. The Hall–Kier alpha value is -1.08. The van der Waals surface area contributed by atoms with E-state index in [0.717, 1.165) is 19.4 Å². The van der Waals surface area contributed by atoms with Gasteiger partial charge in [0.05, 0.1) is 0 Å². The average molecular weight is 245 g/mol. The fourth-order valence-corrected chi connectivity index (χ4v) is 2.20. The zero-order valence-electron chi connectivity index (χ0n) is 12.1. The highest BCUT2D eigenvalue weighted by Crippen LogP contribution is 2.23. The van der Waals surface area contributed by atoms with Gasteiger partial charge in [0.15, 0.2) is 0 Å². The van der Waals surface area contributed by atoms with Crippen molar-refractivity contribution in [1.29, 1.82) is 0 Å². The highest BCUT2D eigenvalue weighted by molar-refractivity contribution is 5.21. The maximum absolute atomic E-state index is 4.16. The van der Waals surface area contributed by atoms with Gasteiger partial charge in [0.1, 0.15) is 0 Å². The van der Waals surface area contributed by atoms with Crippen LogP contribution in [0.1, 0.15) is 51.5 Å². The van der Waals surface area contributed by atoms with Gasteiger partial charge in [-0.25, -0.2) is 0 Å². The second-order valence-corrected chi connectivity index (χ2v) is 5.07. The number of nitrogens with one attached hydrogen (secondary N) is 1. The summed E-state index contributed by atoms with van der Waals surface area (Å²) in [6.45, 7) is 12.0. The minimum Gasteiger partial charge on any atom is -0.313 e. The maximum atomic E-state index is 4.16. The second-order valence-electron chi connectivity index (χ2n) is 5.07. The Morgan fingerprint density at radius 3 is 2.44 bits per heavy atom. The zero-order chi connectivity index (χ0) is 13.4. The number of benzene rings is 1. The summed E-state index contributed by atoms with van der Waals surface area (Å²) in [6, 6.07) is 11.3. The SMILES string of the molecule is C=C(CC)CC(NCCC)C(C)c1ccccc1. The molecule has 0 aliphatic heterocycles. The van der Waals surface area contributed by atoms with Crippen LogP contribution in [0.3, 0.4) is 0 Å². The first-order valence-corrected chi connectivity index (χ1v) is 7.14. The molecule has 0 amide bonds. The van der Waals surface area contributed by atoms with Gasteiger partial charge in [-0.3, -0.25) is 0 Å². The molecule has 1 aromatic carbocycles. The summed E-state index contributed by atoms with van der Waals surface area (Å²) in [5.74, 6) is 0.529. The summed E-state index contributed by atoms with van der Waals surface area (Å²) in [5, 5.41) is 3.67. The topological polar surface area (TPSA) is 12.0 Å². The van der Waals surface area contributed by atoms with Crippen molar-refractivity contribution >= 4 is 0 Å². The molecule has 1 N–H and O–H groups in total. The van der Waals surface area contributed by atoms with E-state index in [-0.39, 0.29) is 0 Å². The van der Waals surface area contributed by atoms with Crippen LogP contribution in [0.4, 0.5) is 0 Å². The van der Waals surface area contributed by atoms with Crippen LogP contribution >= 0.6 is 0 Å². The lowest BCUT2D eigenvalue weighted by Gasteiger charge is -2.26. The fourth-order valence-electron chi connectivity index (χ4n) is 2.20. The van der Waals surface area contributed by atoms with Crippen molar-refractivity contribution in [2.45, 2.75) is 52.0 Å². The van der Waals surface area contributed by atoms with Crippen molar-refractivity contribution in [2.24, 2.45) is 0 Å². The van der Waals surface area contributed by atoms with E-state index in [1.54, 1.807) is 0 Å². The van der Waals surface area contributed by atoms with Crippen LogP contribution in [-0.2, 0) is 0 Å². The van der Waals surface area contributed by atoms with E-state index >= 15 is 0 Å². The first-order chi connectivity index (χ1) is 8.69. The van der Waals surface area contributed by atoms with E-state index < -0.39 is 0 Å². The van der Waals surface area contributed by atoms with Gasteiger partial charge in [0.25, 0.3) is 0 Å². The Morgan fingerprint density at radius 2 is 1.89 bits per heavy atom. The van der Waals surface area contributed by atoms with Crippen molar-refractivity contribution in [2.75, 3.05) is 6.54 Å². The summed E-state index contributed by atoms with van der Waals surface area (Å²) < 4.78 is 0. The molecule has 100 valence electrons. The van der Waals surface area contributed by atoms with Crippen molar-refractivity contribution in [3.63, 3.8) is 0 Å². The third kappa shape index (κ3) is 4.66. The van der Waals surface area contributed by atoms with Crippen molar-refractivity contribution < 1.29 is 0 Å². The van der Waals surface area contributed by atoms with E-state index in [4.69, 9.17) is 0 Å². The molecule has 0 radical (unpaired) electrons. The molecule has 0 heterocycles. The first kappa shape index (κ1) is 15.0. The summed E-state index contributed by atoms with van der Waals surface area (Å²) in [7, 11) is 0. The standard InChI is InChI=1S/C17H27N/c1-5-12-18-17(13-14(3)6-2)15(4)16-10-8-7-9-11-16/h7-11,15,17-18H,3,5-6,12-13H2,1-2,4H3. The summed E-state index contributed by atoms with van der Waals surface area (Å²) >= 11 is 0. The Kier molecular flexibility index (Phi) is 6.74. The molecular weight excluding hydrogens is 218 g/mol. The highest BCUT2D eigenvalue weighted by atomic mass is 14.9. The van der Waals surface area contributed by atoms with Crippen LogP contribution in [0.2, 0.25) is 0 Å². The minimum atomic E-state index is 0.500. The monoisotopic (exact) mass is 245 g/mol. The highest BCUT2D eigenvalue weighted by Gasteiger charge is 2.18. The molecule has 1 aromatic rings. The van der Waals surface area contributed by atoms with E-state index in [9.17, 15) is 0 Å². The molecule has 1 heteroatoms. The molecular formula is C17H27N. The van der Waals surface area contributed by atoms with Crippen LogP contribution in [-0.4, -0.2) is 12.6 Å². The van der Waals surface area contributed by atoms with Crippen LogP contribution in [0.25, 0.3) is 0 Å². The predicted molar refractivity (Wildman–Crippen MR) is 81.0 cm³/mol. The van der Waals surface area contributed by atoms with E-state index in [2.05, 4.69) is 63.0 Å². The lowest BCUT2D eigenvalue weighted by molar-refractivity contribution is 0.443. The molecule has 2 atom stereocenters. The minimum absolute atomic E-state index is 0.500. The quantitative estimate of drug-likeness (QED) is 0.664. The molecule has 2 unspecified atom stereocenters. The van der Waals surface area contributed by atoms with E-state index in [1.807, 2.05) is 0 Å². The van der Waals surface area contributed by atoms with E-state index in [1.165, 1.54) is 17.6 Å². The van der Waals surface area contributed by atoms with Crippen LogP contribution < -0.4 is 5.32 Å². The molecule has 0 spiro atoms. The lowest BCUT2D eigenvalue weighted by Crippen LogP contribution is -2.34. The summed E-state index contributed by atoms with van der Waals surface area (Å²) in [4.78, 5) is 0. The predicted octanol–water partition coefficient (Wildman–Crippen LogP) is 4.51. The number of rotatable bonds is 8.